The van der Waals surface area contributed by atoms with E-state index in [4.69, 9.17) is 4.74 Å². The van der Waals surface area contributed by atoms with Gasteiger partial charge in [-0.1, -0.05) is 81.3 Å². The minimum Gasteiger partial charge on any atom is -0.465 e. The van der Waals surface area contributed by atoms with Gasteiger partial charge in [0.25, 0.3) is 0 Å². The molecule has 29 heavy (non-hydrogen) atoms. The maximum absolute atomic E-state index is 11.7. The van der Waals surface area contributed by atoms with Crippen LogP contribution >= 0.6 is 0 Å². The number of ether oxygens (including phenoxy) is 1. The standard InChI is InChI=1S/C27H34O2/c1-3-21(2)27(28)29-19-10-5-4-7-14-23-15-11-16-25-20-24(17-18-26(23)25)22-12-8-6-9-13-22/h6,8-9,11-13,15-16,20-21H,3-5,7,10,14,17-19H2,1-2H3. The largest absolute Gasteiger partial charge is 0.465 e. The quantitative estimate of drug-likeness (QED) is 0.327. The van der Waals surface area contributed by atoms with E-state index in [1.807, 2.05) is 13.8 Å². The van der Waals surface area contributed by atoms with Crippen LogP contribution in [0.2, 0.25) is 0 Å². The lowest BCUT2D eigenvalue weighted by Gasteiger charge is -2.20. The number of allylic oxidation sites excluding steroid dienone is 1. The number of hydrogen-bond donors (Lipinski definition) is 0. The molecule has 2 nitrogen and oxygen atoms in total. The van der Waals surface area contributed by atoms with E-state index < -0.39 is 0 Å². The van der Waals surface area contributed by atoms with Gasteiger partial charge in [-0.25, -0.2) is 0 Å². The van der Waals surface area contributed by atoms with Crippen molar-refractivity contribution in [3.8, 4) is 0 Å². The van der Waals surface area contributed by atoms with Crippen LogP contribution in [0.3, 0.4) is 0 Å². The van der Waals surface area contributed by atoms with E-state index in [9.17, 15) is 4.79 Å². The third-order valence-corrected chi connectivity index (χ3v) is 6.03. The highest BCUT2D eigenvalue weighted by Crippen LogP contribution is 2.32. The zero-order valence-electron chi connectivity index (χ0n) is 18.0. The van der Waals surface area contributed by atoms with E-state index in [1.165, 1.54) is 40.7 Å². The molecule has 1 unspecified atom stereocenters. The van der Waals surface area contributed by atoms with E-state index in [0.29, 0.717) is 6.61 Å². The lowest BCUT2D eigenvalue weighted by atomic mass is 9.85. The highest BCUT2D eigenvalue weighted by Gasteiger charge is 2.15. The molecule has 0 radical (unpaired) electrons. The van der Waals surface area contributed by atoms with Gasteiger partial charge >= 0.3 is 5.97 Å². The van der Waals surface area contributed by atoms with Crippen molar-refractivity contribution in [2.45, 2.75) is 65.2 Å². The highest BCUT2D eigenvalue weighted by atomic mass is 16.5. The molecule has 0 aromatic heterocycles. The van der Waals surface area contributed by atoms with Crippen LogP contribution in [0.25, 0.3) is 11.6 Å². The summed E-state index contributed by atoms with van der Waals surface area (Å²) >= 11 is 0. The molecule has 0 amide bonds. The molecule has 2 aromatic rings. The molecular weight excluding hydrogens is 356 g/mol. The van der Waals surface area contributed by atoms with Gasteiger partial charge in [-0.2, -0.15) is 0 Å². The monoisotopic (exact) mass is 390 g/mol. The molecule has 2 aromatic carbocycles. The van der Waals surface area contributed by atoms with Gasteiger partial charge in [0.05, 0.1) is 12.5 Å². The van der Waals surface area contributed by atoms with E-state index in [1.54, 1.807) is 0 Å². The third-order valence-electron chi connectivity index (χ3n) is 6.03. The Morgan fingerprint density at radius 1 is 0.966 bits per heavy atom. The summed E-state index contributed by atoms with van der Waals surface area (Å²) in [5.41, 5.74) is 7.23. The second kappa shape index (κ2) is 11.0. The van der Waals surface area contributed by atoms with Gasteiger partial charge in [-0.05, 0) is 66.4 Å². The van der Waals surface area contributed by atoms with Gasteiger partial charge in [0, 0.05) is 0 Å². The van der Waals surface area contributed by atoms with Crippen LogP contribution in [0.4, 0.5) is 0 Å². The normalized spacial score (nSPS) is 14.1. The summed E-state index contributed by atoms with van der Waals surface area (Å²) in [5, 5.41) is 0. The summed E-state index contributed by atoms with van der Waals surface area (Å²) in [4.78, 5) is 11.7. The van der Waals surface area contributed by atoms with Crippen molar-refractivity contribution in [1.82, 2.24) is 0 Å². The van der Waals surface area contributed by atoms with Crippen LogP contribution in [-0.2, 0) is 22.4 Å². The number of carbonyl (C=O) groups excluding carboxylic acids is 1. The van der Waals surface area contributed by atoms with Crippen molar-refractivity contribution >= 4 is 17.6 Å². The lowest BCUT2D eigenvalue weighted by Crippen LogP contribution is -2.14. The second-order valence-electron chi connectivity index (χ2n) is 8.16. The maximum Gasteiger partial charge on any atom is 0.308 e. The molecule has 1 atom stereocenters. The summed E-state index contributed by atoms with van der Waals surface area (Å²) in [6.45, 7) is 4.52. The zero-order valence-corrected chi connectivity index (χ0v) is 18.0. The van der Waals surface area contributed by atoms with Crippen LogP contribution in [0.15, 0.2) is 48.5 Å². The minimum absolute atomic E-state index is 0.0238. The summed E-state index contributed by atoms with van der Waals surface area (Å²) in [6, 6.07) is 17.5. The molecule has 0 saturated heterocycles. The van der Waals surface area contributed by atoms with Crippen molar-refractivity contribution in [3.05, 3.63) is 70.8 Å². The SMILES string of the molecule is CCC(C)C(=O)OCCCCCCc1cccc2c1CCC(c1ccccc1)=C2. The second-order valence-corrected chi connectivity index (χ2v) is 8.16. The van der Waals surface area contributed by atoms with E-state index >= 15 is 0 Å². The van der Waals surface area contributed by atoms with E-state index in [2.05, 4.69) is 54.6 Å². The van der Waals surface area contributed by atoms with Crippen LogP contribution in [0, 0.1) is 5.92 Å². The molecule has 154 valence electrons. The molecule has 0 heterocycles. The van der Waals surface area contributed by atoms with Crippen molar-refractivity contribution < 1.29 is 9.53 Å². The first-order valence-corrected chi connectivity index (χ1v) is 11.2. The number of carbonyl (C=O) groups is 1. The first-order valence-electron chi connectivity index (χ1n) is 11.2. The van der Waals surface area contributed by atoms with E-state index in [0.717, 1.165) is 38.5 Å². The number of esters is 1. The minimum atomic E-state index is -0.0497. The van der Waals surface area contributed by atoms with Crippen molar-refractivity contribution in [2.24, 2.45) is 5.92 Å². The van der Waals surface area contributed by atoms with Crippen molar-refractivity contribution in [2.75, 3.05) is 6.61 Å². The number of fused-ring (bicyclic) bond motifs is 1. The first-order chi connectivity index (χ1) is 14.2. The summed E-state index contributed by atoms with van der Waals surface area (Å²) in [5.74, 6) is -0.0259. The number of aryl methyl sites for hydroxylation is 1. The molecule has 1 aliphatic carbocycles. The summed E-state index contributed by atoms with van der Waals surface area (Å²) in [7, 11) is 0. The average molecular weight is 391 g/mol. The first kappa shape index (κ1) is 21.4. The van der Waals surface area contributed by atoms with Crippen LogP contribution in [-0.4, -0.2) is 12.6 Å². The Morgan fingerprint density at radius 2 is 1.76 bits per heavy atom. The molecular formula is C27H34O2. The highest BCUT2D eigenvalue weighted by molar-refractivity contribution is 5.84. The van der Waals surface area contributed by atoms with Crippen LogP contribution in [0.1, 0.15) is 74.6 Å². The molecule has 0 aliphatic heterocycles. The Labute approximate surface area is 176 Å². The molecule has 0 saturated carbocycles. The molecule has 0 bridgehead atoms. The smallest absolute Gasteiger partial charge is 0.308 e. The number of unbranched alkanes of at least 4 members (excludes halogenated alkanes) is 3. The fourth-order valence-electron chi connectivity index (χ4n) is 3.98. The van der Waals surface area contributed by atoms with Gasteiger partial charge in [0.2, 0.25) is 0 Å². The zero-order chi connectivity index (χ0) is 20.5. The van der Waals surface area contributed by atoms with Gasteiger partial charge in [-0.3, -0.25) is 4.79 Å². The Kier molecular flexibility index (Phi) is 8.10. The summed E-state index contributed by atoms with van der Waals surface area (Å²) in [6.07, 6.45) is 11.1. The fourth-order valence-corrected chi connectivity index (χ4v) is 3.98. The Hall–Kier alpha value is -2.35. The fraction of sp³-hybridized carbons (Fsp3) is 0.444. The molecule has 0 N–H and O–H groups in total. The third kappa shape index (κ3) is 6.06. The van der Waals surface area contributed by atoms with Gasteiger partial charge in [0.15, 0.2) is 0 Å². The molecule has 1 aliphatic rings. The number of hydrogen-bond acceptors (Lipinski definition) is 2. The van der Waals surface area contributed by atoms with E-state index in [-0.39, 0.29) is 11.9 Å². The van der Waals surface area contributed by atoms with Gasteiger partial charge < -0.3 is 4.74 Å². The topological polar surface area (TPSA) is 26.3 Å². The van der Waals surface area contributed by atoms with Crippen molar-refractivity contribution in [1.29, 1.82) is 0 Å². The predicted molar refractivity (Wildman–Crippen MR) is 122 cm³/mol. The average Bonchev–Trinajstić information content (AvgIpc) is 2.78. The van der Waals surface area contributed by atoms with Gasteiger partial charge in [0.1, 0.15) is 0 Å². The van der Waals surface area contributed by atoms with Crippen LogP contribution < -0.4 is 0 Å². The Morgan fingerprint density at radius 3 is 2.55 bits per heavy atom. The Bertz CT molecular complexity index is 820. The predicted octanol–water partition coefficient (Wildman–Crippen LogP) is 6.87. The van der Waals surface area contributed by atoms with Crippen molar-refractivity contribution in [3.63, 3.8) is 0 Å². The molecule has 2 heteroatoms. The number of rotatable bonds is 10. The Balaban J connectivity index is 1.45. The van der Waals surface area contributed by atoms with Crippen LogP contribution in [0.5, 0.6) is 0 Å². The van der Waals surface area contributed by atoms with Gasteiger partial charge in [-0.15, -0.1) is 0 Å². The molecule has 0 fully saturated rings. The molecule has 0 spiro atoms. The summed E-state index contributed by atoms with van der Waals surface area (Å²) < 4.78 is 5.34. The lowest BCUT2D eigenvalue weighted by molar-refractivity contribution is -0.148. The molecule has 3 rings (SSSR count). The maximum atomic E-state index is 11.7. The number of benzene rings is 2.